The van der Waals surface area contributed by atoms with Crippen molar-refractivity contribution in [2.45, 2.75) is 0 Å². The minimum absolute atomic E-state index is 0.312. The van der Waals surface area contributed by atoms with Gasteiger partial charge < -0.3 is 33.5 Å². The highest BCUT2D eigenvalue weighted by atomic mass is 32.1. The fourth-order valence-electron chi connectivity index (χ4n) is 21.8. The number of hydrogen-bond donors (Lipinski definition) is 0. The third kappa shape index (κ3) is 14.0. The van der Waals surface area contributed by atoms with Gasteiger partial charge in [-0.2, -0.15) is 0 Å². The minimum Gasteiger partial charge on any atom is -0.456 e. The van der Waals surface area contributed by atoms with Gasteiger partial charge in [-0.25, -0.2) is 4.39 Å². The number of hydrogen-bond acceptors (Lipinski definition) is 8. The van der Waals surface area contributed by atoms with Crippen LogP contribution in [0.15, 0.2) is 508 Å². The van der Waals surface area contributed by atoms with Crippen molar-refractivity contribution in [2.75, 3.05) is 19.6 Å². The molecule has 0 spiro atoms. The lowest BCUT2D eigenvalue weighted by Gasteiger charge is -2.31. The maximum Gasteiger partial charge on any atom is 0.159 e. The Bertz CT molecular complexity index is 9430. The number of halogens is 1. The summed E-state index contributed by atoms with van der Waals surface area (Å²) in [6, 6.07) is 177. The minimum atomic E-state index is -0.312. The van der Waals surface area contributed by atoms with Gasteiger partial charge in [0, 0.05) is 121 Å². The molecule has 141 heavy (non-hydrogen) atoms. The fraction of sp³-hybridized carbons (Fsp3) is 0. The Kier molecular flexibility index (Phi) is 19.9. The molecule has 0 saturated carbocycles. The molecule has 28 rings (SSSR count). The molecule has 0 aliphatic carbocycles. The lowest BCUT2D eigenvalue weighted by Crippen LogP contribution is -2.14. The Morgan fingerprint density at radius 2 is 0.567 bits per heavy atom. The molecule has 26 aromatic rings. The van der Waals surface area contributed by atoms with Gasteiger partial charge in [-0.3, -0.25) is 0 Å². The Balaban J connectivity index is 0.000000144. The predicted octanol–water partition coefficient (Wildman–Crippen LogP) is 38.8. The van der Waals surface area contributed by atoms with Crippen LogP contribution in [0.3, 0.4) is 0 Å². The zero-order valence-electron chi connectivity index (χ0n) is 76.2. The highest BCUT2D eigenvalue weighted by Crippen LogP contribution is 2.59. The van der Waals surface area contributed by atoms with Gasteiger partial charge in [0.1, 0.15) is 34.4 Å². The van der Waals surface area contributed by atoms with Gasteiger partial charge in [0.25, 0.3) is 0 Å². The van der Waals surface area contributed by atoms with Crippen LogP contribution in [0.4, 0.5) is 72.6 Å². The number of fused-ring (bicyclic) bond motifs is 18. The second kappa shape index (κ2) is 34.1. The molecule has 0 atom stereocenters. The number of furan rings is 1. The molecule has 2 aromatic heterocycles. The van der Waals surface area contributed by atoms with Gasteiger partial charge in [-0.05, 0) is 240 Å². The number of benzene rings is 24. The van der Waals surface area contributed by atoms with Crippen LogP contribution < -0.4 is 29.1 Å². The molecule has 0 radical (unpaired) electrons. The second-order valence-corrected chi connectivity index (χ2v) is 37.2. The zero-order chi connectivity index (χ0) is 93.1. The molecule has 0 bridgehead atoms. The summed E-state index contributed by atoms with van der Waals surface area (Å²) >= 11 is 1.85. The summed E-state index contributed by atoms with van der Waals surface area (Å²) in [6.45, 7) is 0. The molecule has 0 saturated heterocycles. The van der Waals surface area contributed by atoms with E-state index in [2.05, 4.69) is 426 Å². The van der Waals surface area contributed by atoms with E-state index in [-0.39, 0.29) is 5.82 Å². The van der Waals surface area contributed by atoms with Crippen molar-refractivity contribution in [3.8, 4) is 89.8 Å². The van der Waals surface area contributed by atoms with Crippen molar-refractivity contribution in [3.05, 3.63) is 509 Å². The van der Waals surface area contributed by atoms with Crippen LogP contribution in [-0.2, 0) is 0 Å². The molecular weight excluding hydrogens is 1740 g/mol. The SMILES string of the molecule is Fc1cc(-c2ccccc2)cc(-c2ccccc2)c1N(c1ccccc1)c1cc2c3cccc4c3c(cc2c2ccccc12)-c1ccc(N(c2ccccc2)c2ccccc2)cc1O4.c1ccc(-c2ccccc2N(c2ccc3sc4ccccc4c3c2)c2cc3c4cccc5c4c(cc3c3ccccc23)-c2ccc(N(c3ccccc3-c3ccccc3)c3cccc4c3oc3ccccc34)cc2O5)cc1. The first-order valence-electron chi connectivity index (χ1n) is 47.8. The van der Waals surface area contributed by atoms with Crippen LogP contribution in [0.25, 0.3) is 174 Å². The molecule has 9 heteroatoms. The van der Waals surface area contributed by atoms with Crippen molar-refractivity contribution in [3.63, 3.8) is 0 Å². The fourth-order valence-corrected chi connectivity index (χ4v) is 22.9. The van der Waals surface area contributed by atoms with Crippen molar-refractivity contribution in [2.24, 2.45) is 0 Å². The first-order chi connectivity index (χ1) is 69.9. The van der Waals surface area contributed by atoms with Gasteiger partial charge in [0.2, 0.25) is 0 Å². The monoisotopic (exact) mass is 1820 g/mol. The van der Waals surface area contributed by atoms with Crippen molar-refractivity contribution in [1.82, 2.24) is 0 Å². The number of rotatable bonds is 16. The van der Waals surface area contributed by atoms with Crippen molar-refractivity contribution in [1.29, 1.82) is 0 Å². The summed E-state index contributed by atoms with van der Waals surface area (Å²) < 4.78 is 41.0. The van der Waals surface area contributed by atoms with E-state index < -0.39 is 0 Å². The van der Waals surface area contributed by atoms with Gasteiger partial charge in [0.05, 0.1) is 39.8 Å². The third-order valence-electron chi connectivity index (χ3n) is 28.1. The second-order valence-electron chi connectivity index (χ2n) is 36.1. The zero-order valence-corrected chi connectivity index (χ0v) is 77.0. The summed E-state index contributed by atoms with van der Waals surface area (Å²) in [5.41, 5.74) is 25.6. The summed E-state index contributed by atoms with van der Waals surface area (Å²) in [7, 11) is 0. The Labute approximate surface area is 817 Å². The summed E-state index contributed by atoms with van der Waals surface area (Å²) in [5.74, 6) is 2.91. The number of nitrogens with zero attached hydrogens (tertiary/aromatic N) is 4. The smallest absolute Gasteiger partial charge is 0.159 e. The standard InChI is InChI=1S/C72H44N2O2S.C60H39FN2O/c1-3-19-45(20-4-1)49-23-9-13-31-62(49)73(64-33-17-30-57-53-27-11-15-34-66(53)76-72(57)64)48-37-39-54-61-43-58-51-25-7-8-26-52(51)65(44-59(58)56-29-18-35-67(71(56)61)75-68(54)42-48)74(63-32-14-10-24-50(63)46-21-5-2-6-22-46)47-38-40-70-60(41-47)55-28-12-16-36-69(55)77-70;61-55-36-42(40-19-6-1-7-20-40)35-51(41-21-8-2-9-22-41)60(55)63(45-27-14-5-15-28-45)56-39-53-50-31-18-32-57-59(50)54(38-52(53)47-29-16-17-30-48(47)56)49-34-33-46(37-58(49)64-57)62(43-23-10-3-11-24-43)44-25-12-4-13-26-44/h1-44H;1-39H. The van der Waals surface area contributed by atoms with Crippen LogP contribution in [0.1, 0.15) is 0 Å². The molecule has 2 aliphatic rings. The van der Waals surface area contributed by atoms with Crippen LogP contribution >= 0.6 is 11.3 Å². The molecule has 4 heterocycles. The first kappa shape index (κ1) is 82.1. The summed E-state index contributed by atoms with van der Waals surface area (Å²) in [4.78, 5) is 9.20. The molecule has 0 amide bonds. The average Bonchev–Trinajstić information content (AvgIpc) is 1.50. The lowest BCUT2D eigenvalue weighted by molar-refractivity contribution is 0.487. The Morgan fingerprint density at radius 3 is 1.11 bits per heavy atom. The van der Waals surface area contributed by atoms with E-state index in [4.69, 9.17) is 13.9 Å². The number of ether oxygens (including phenoxy) is 2. The normalized spacial score (nSPS) is 11.8. The van der Waals surface area contributed by atoms with E-state index in [1.54, 1.807) is 6.07 Å². The first-order valence-corrected chi connectivity index (χ1v) is 48.6. The van der Waals surface area contributed by atoms with Crippen LogP contribution in [0, 0.1) is 5.82 Å². The van der Waals surface area contributed by atoms with Crippen LogP contribution in [0.2, 0.25) is 0 Å². The van der Waals surface area contributed by atoms with Gasteiger partial charge in [-0.1, -0.05) is 334 Å². The van der Waals surface area contributed by atoms with E-state index >= 15 is 4.39 Å². The Morgan fingerprint density at radius 1 is 0.184 bits per heavy atom. The topological polar surface area (TPSA) is 44.6 Å². The van der Waals surface area contributed by atoms with E-state index in [1.165, 1.54) is 30.9 Å². The number of para-hydroxylation sites is 7. The molecule has 7 nitrogen and oxygen atoms in total. The van der Waals surface area contributed by atoms with E-state index in [0.717, 1.165) is 228 Å². The number of thiophene rings is 1. The van der Waals surface area contributed by atoms with Crippen molar-refractivity contribution < 1.29 is 18.3 Å². The molecule has 662 valence electrons. The summed E-state index contributed by atoms with van der Waals surface area (Å²) in [6.07, 6.45) is 0. The maximum absolute atomic E-state index is 17.6. The molecule has 0 fully saturated rings. The van der Waals surface area contributed by atoms with E-state index in [0.29, 0.717) is 5.69 Å². The van der Waals surface area contributed by atoms with Crippen molar-refractivity contribution >= 4 is 186 Å². The third-order valence-corrected chi connectivity index (χ3v) is 29.2. The largest absolute Gasteiger partial charge is 0.456 e. The summed E-state index contributed by atoms with van der Waals surface area (Å²) in [5, 5.41) is 18.0. The van der Waals surface area contributed by atoms with Gasteiger partial charge >= 0.3 is 0 Å². The molecular formula is C132H83FN4O3S. The van der Waals surface area contributed by atoms with Crippen LogP contribution in [0.5, 0.6) is 23.0 Å². The van der Waals surface area contributed by atoms with E-state index in [9.17, 15) is 0 Å². The molecule has 0 unspecified atom stereocenters. The Hall–Kier alpha value is -18.4. The lowest BCUT2D eigenvalue weighted by atomic mass is 9.88. The maximum atomic E-state index is 17.6. The average molecular weight is 1820 g/mol. The highest BCUT2D eigenvalue weighted by molar-refractivity contribution is 7.25. The highest BCUT2D eigenvalue weighted by Gasteiger charge is 2.33. The van der Waals surface area contributed by atoms with Crippen LogP contribution in [-0.4, -0.2) is 0 Å². The predicted molar refractivity (Wildman–Crippen MR) is 590 cm³/mol. The quantitative estimate of drug-likeness (QED) is 0.0893. The molecule has 2 aliphatic heterocycles. The van der Waals surface area contributed by atoms with E-state index in [1.807, 2.05) is 102 Å². The van der Waals surface area contributed by atoms with Gasteiger partial charge in [0.15, 0.2) is 5.58 Å². The molecule has 24 aromatic carbocycles. The molecule has 0 N–H and O–H groups in total. The van der Waals surface area contributed by atoms with Gasteiger partial charge in [-0.15, -0.1) is 11.3 Å². The number of anilines is 12.